The van der Waals surface area contributed by atoms with Gasteiger partial charge in [0.1, 0.15) is 0 Å². The second-order valence-electron chi connectivity index (χ2n) is 7.01. The van der Waals surface area contributed by atoms with Gasteiger partial charge >= 0.3 is 0 Å². The molecule has 2 heterocycles. The van der Waals surface area contributed by atoms with E-state index >= 15 is 0 Å². The fourth-order valence-electron chi connectivity index (χ4n) is 3.05. The molecule has 0 spiro atoms. The van der Waals surface area contributed by atoms with E-state index in [0.29, 0.717) is 22.5 Å². The Morgan fingerprint density at radius 3 is 2.70 bits per heavy atom. The first-order valence-corrected chi connectivity index (χ1v) is 11.6. The number of fused-ring (bicyclic) bond motifs is 1. The molecule has 2 aromatic heterocycles. The zero-order valence-corrected chi connectivity index (χ0v) is 19.0. The van der Waals surface area contributed by atoms with E-state index in [2.05, 4.69) is 24.0 Å². The van der Waals surface area contributed by atoms with Gasteiger partial charge in [-0.1, -0.05) is 46.7 Å². The van der Waals surface area contributed by atoms with Crippen LogP contribution >= 0.6 is 34.7 Å². The zero-order chi connectivity index (χ0) is 21.1. The van der Waals surface area contributed by atoms with Crippen LogP contribution in [0, 0.1) is 13.8 Å². The van der Waals surface area contributed by atoms with Crippen molar-refractivity contribution in [1.29, 1.82) is 0 Å². The molecule has 0 saturated heterocycles. The molecule has 7 heteroatoms. The SMILES string of the molecule is Cc1ccc(SCC(=O)N(Cc2cccnc2)c2nc3c(C)cc(Cl)cc3s2)cc1. The predicted molar refractivity (Wildman–Crippen MR) is 127 cm³/mol. The van der Waals surface area contributed by atoms with Gasteiger partial charge in [-0.15, -0.1) is 11.8 Å². The summed E-state index contributed by atoms with van der Waals surface area (Å²) in [6.45, 7) is 4.46. The number of nitrogens with zero attached hydrogens (tertiary/aromatic N) is 3. The normalized spacial score (nSPS) is 11.0. The van der Waals surface area contributed by atoms with Crippen LogP contribution in [0.1, 0.15) is 16.7 Å². The Bertz CT molecular complexity index is 1180. The van der Waals surface area contributed by atoms with Gasteiger partial charge < -0.3 is 0 Å². The molecule has 0 aliphatic rings. The van der Waals surface area contributed by atoms with Gasteiger partial charge in [0.05, 0.1) is 22.5 Å². The number of rotatable bonds is 6. The lowest BCUT2D eigenvalue weighted by molar-refractivity contribution is -0.116. The molecule has 0 fully saturated rings. The third-order valence-corrected chi connectivity index (χ3v) is 6.86. The van der Waals surface area contributed by atoms with Crippen molar-refractivity contribution in [3.05, 3.63) is 82.6 Å². The summed E-state index contributed by atoms with van der Waals surface area (Å²) in [5.41, 5.74) is 4.05. The number of thioether (sulfide) groups is 1. The van der Waals surface area contributed by atoms with Crippen molar-refractivity contribution < 1.29 is 4.79 Å². The minimum atomic E-state index is 0.00670. The molecule has 0 N–H and O–H groups in total. The van der Waals surface area contributed by atoms with Crippen molar-refractivity contribution >= 4 is 56.0 Å². The van der Waals surface area contributed by atoms with Gasteiger partial charge in [-0.3, -0.25) is 14.7 Å². The monoisotopic (exact) mass is 453 g/mol. The highest BCUT2D eigenvalue weighted by molar-refractivity contribution is 8.00. The number of amides is 1. The molecule has 2 aromatic carbocycles. The maximum absolute atomic E-state index is 13.2. The van der Waals surface area contributed by atoms with Gasteiger partial charge in [0, 0.05) is 22.3 Å². The Morgan fingerprint density at radius 2 is 1.97 bits per heavy atom. The van der Waals surface area contributed by atoms with Gasteiger partial charge in [-0.2, -0.15) is 0 Å². The van der Waals surface area contributed by atoms with Gasteiger partial charge in [-0.05, 0) is 55.3 Å². The first-order valence-electron chi connectivity index (χ1n) is 9.45. The number of anilines is 1. The largest absolute Gasteiger partial charge is 0.283 e. The maximum Gasteiger partial charge on any atom is 0.239 e. The molecule has 1 amide bonds. The van der Waals surface area contributed by atoms with Crippen LogP contribution in [0.3, 0.4) is 0 Å². The minimum absolute atomic E-state index is 0.00670. The van der Waals surface area contributed by atoms with Crippen LogP contribution in [0.4, 0.5) is 5.13 Å². The predicted octanol–water partition coefficient (Wildman–Crippen LogP) is 6.29. The molecule has 0 radical (unpaired) electrons. The van der Waals surface area contributed by atoms with E-state index in [1.165, 1.54) is 28.7 Å². The molecule has 4 rings (SSSR count). The summed E-state index contributed by atoms with van der Waals surface area (Å²) < 4.78 is 0.977. The van der Waals surface area contributed by atoms with Crippen LogP contribution in [-0.4, -0.2) is 21.6 Å². The van der Waals surface area contributed by atoms with E-state index < -0.39 is 0 Å². The lowest BCUT2D eigenvalue weighted by atomic mass is 10.2. The van der Waals surface area contributed by atoms with Crippen LogP contribution in [0.25, 0.3) is 10.2 Å². The number of halogens is 1. The van der Waals surface area contributed by atoms with E-state index in [-0.39, 0.29) is 5.91 Å². The van der Waals surface area contributed by atoms with Crippen LogP contribution in [0.5, 0.6) is 0 Å². The van der Waals surface area contributed by atoms with Gasteiger partial charge in [0.15, 0.2) is 5.13 Å². The molecule has 30 heavy (non-hydrogen) atoms. The second-order valence-corrected chi connectivity index (χ2v) is 9.50. The van der Waals surface area contributed by atoms with Crippen molar-refractivity contribution in [2.75, 3.05) is 10.7 Å². The number of aromatic nitrogens is 2. The summed E-state index contributed by atoms with van der Waals surface area (Å²) in [5, 5.41) is 1.35. The van der Waals surface area contributed by atoms with E-state index in [9.17, 15) is 4.79 Å². The van der Waals surface area contributed by atoms with Crippen molar-refractivity contribution in [2.45, 2.75) is 25.3 Å². The van der Waals surface area contributed by atoms with Crippen molar-refractivity contribution in [3.8, 4) is 0 Å². The molecule has 0 aliphatic carbocycles. The molecule has 4 nitrogen and oxygen atoms in total. The Morgan fingerprint density at radius 1 is 1.17 bits per heavy atom. The third-order valence-electron chi connectivity index (χ3n) is 4.62. The topological polar surface area (TPSA) is 46.1 Å². The summed E-state index contributed by atoms with van der Waals surface area (Å²) >= 11 is 9.24. The molecule has 0 atom stereocenters. The van der Waals surface area contributed by atoms with Crippen molar-refractivity contribution in [2.24, 2.45) is 0 Å². The van der Waals surface area contributed by atoms with E-state index in [4.69, 9.17) is 16.6 Å². The minimum Gasteiger partial charge on any atom is -0.283 e. The van der Waals surface area contributed by atoms with Crippen molar-refractivity contribution in [3.63, 3.8) is 0 Å². The summed E-state index contributed by atoms with van der Waals surface area (Å²) in [4.78, 5) is 25.0. The first kappa shape index (κ1) is 20.8. The third kappa shape index (κ3) is 4.83. The molecular weight excluding hydrogens is 434 g/mol. The highest BCUT2D eigenvalue weighted by atomic mass is 35.5. The summed E-state index contributed by atoms with van der Waals surface area (Å²) in [7, 11) is 0. The number of carbonyl (C=O) groups is 1. The summed E-state index contributed by atoms with van der Waals surface area (Å²) in [6.07, 6.45) is 3.51. The average Bonchev–Trinajstić information content (AvgIpc) is 3.16. The molecule has 0 saturated carbocycles. The Kier molecular flexibility index (Phi) is 6.37. The quantitative estimate of drug-likeness (QED) is 0.322. The Labute approximate surface area is 188 Å². The van der Waals surface area contributed by atoms with Crippen LogP contribution in [-0.2, 0) is 11.3 Å². The molecule has 152 valence electrons. The molecule has 0 unspecified atom stereocenters. The second kappa shape index (κ2) is 9.16. The number of hydrogen-bond acceptors (Lipinski definition) is 5. The standard InChI is InChI=1S/C23H20ClN3OS2/c1-15-5-7-19(8-6-15)29-14-21(28)27(13-17-4-3-9-25-12-17)23-26-22-16(2)10-18(24)11-20(22)30-23/h3-12H,13-14H2,1-2H3. The number of aryl methyl sites for hydroxylation is 2. The summed E-state index contributed by atoms with van der Waals surface area (Å²) in [6, 6.07) is 15.8. The summed E-state index contributed by atoms with van der Waals surface area (Å²) in [5.74, 6) is 0.339. The number of benzene rings is 2. The Hall–Kier alpha value is -2.41. The van der Waals surface area contributed by atoms with E-state index in [1.54, 1.807) is 17.3 Å². The average molecular weight is 454 g/mol. The Balaban J connectivity index is 1.63. The fourth-order valence-corrected chi connectivity index (χ4v) is 5.26. The molecule has 0 aliphatic heterocycles. The number of hydrogen-bond donors (Lipinski definition) is 0. The number of carbonyl (C=O) groups excluding carboxylic acids is 1. The maximum atomic E-state index is 13.2. The highest BCUT2D eigenvalue weighted by Gasteiger charge is 2.21. The number of pyridine rings is 1. The van der Waals surface area contributed by atoms with Gasteiger partial charge in [0.25, 0.3) is 0 Å². The lowest BCUT2D eigenvalue weighted by Gasteiger charge is -2.19. The molecular formula is C23H20ClN3OS2. The van der Waals surface area contributed by atoms with E-state index in [1.807, 2.05) is 43.3 Å². The highest BCUT2D eigenvalue weighted by Crippen LogP contribution is 2.34. The fraction of sp³-hybridized carbons (Fsp3) is 0.174. The first-order chi connectivity index (χ1) is 14.5. The van der Waals surface area contributed by atoms with Gasteiger partial charge in [-0.25, -0.2) is 4.98 Å². The molecule has 4 aromatic rings. The molecule has 0 bridgehead atoms. The lowest BCUT2D eigenvalue weighted by Crippen LogP contribution is -2.31. The zero-order valence-electron chi connectivity index (χ0n) is 16.6. The van der Waals surface area contributed by atoms with Crippen LogP contribution < -0.4 is 4.90 Å². The van der Waals surface area contributed by atoms with Gasteiger partial charge in [0.2, 0.25) is 5.91 Å². The van der Waals surface area contributed by atoms with Crippen LogP contribution in [0.15, 0.2) is 65.8 Å². The smallest absolute Gasteiger partial charge is 0.239 e. The number of thiazole rings is 1. The van der Waals surface area contributed by atoms with Crippen LogP contribution in [0.2, 0.25) is 5.02 Å². The van der Waals surface area contributed by atoms with Crippen molar-refractivity contribution in [1.82, 2.24) is 9.97 Å². The van der Waals surface area contributed by atoms with E-state index in [0.717, 1.165) is 26.2 Å².